The largest absolute Gasteiger partial charge is 0.326 e. The number of halogens is 1. The van der Waals surface area contributed by atoms with Crippen molar-refractivity contribution in [2.75, 3.05) is 5.32 Å². The third-order valence-electron chi connectivity index (χ3n) is 3.38. The van der Waals surface area contributed by atoms with Crippen LogP contribution in [0.1, 0.15) is 38.5 Å². The van der Waals surface area contributed by atoms with Gasteiger partial charge in [0.05, 0.1) is 0 Å². The molecule has 1 saturated carbocycles. The van der Waals surface area contributed by atoms with Crippen LogP contribution in [0.2, 0.25) is 5.02 Å². The first-order valence-electron chi connectivity index (χ1n) is 6.29. The van der Waals surface area contributed by atoms with Crippen molar-refractivity contribution in [3.05, 3.63) is 29.3 Å². The Kier molecular flexibility index (Phi) is 4.43. The summed E-state index contributed by atoms with van der Waals surface area (Å²) in [5.41, 5.74) is 0.825. The van der Waals surface area contributed by atoms with Crippen LogP contribution in [0.25, 0.3) is 0 Å². The maximum atomic E-state index is 11.7. The van der Waals surface area contributed by atoms with Gasteiger partial charge in [-0.25, -0.2) is 0 Å². The van der Waals surface area contributed by atoms with Crippen molar-refractivity contribution < 1.29 is 4.79 Å². The second-order valence-electron chi connectivity index (χ2n) is 4.74. The normalized spacial score (nSPS) is 16.1. The molecule has 1 fully saturated rings. The Balaban J connectivity index is 1.74. The van der Waals surface area contributed by atoms with Gasteiger partial charge in [0, 0.05) is 17.1 Å². The molecule has 1 aromatic carbocycles. The summed E-state index contributed by atoms with van der Waals surface area (Å²) < 4.78 is 0. The van der Waals surface area contributed by atoms with Crippen molar-refractivity contribution >= 4 is 23.2 Å². The van der Waals surface area contributed by atoms with E-state index in [2.05, 4.69) is 5.32 Å². The molecule has 1 aliphatic rings. The molecular weight excluding hydrogens is 234 g/mol. The maximum absolute atomic E-state index is 11.7. The molecule has 1 aliphatic carbocycles. The second-order valence-corrected chi connectivity index (χ2v) is 5.18. The molecule has 92 valence electrons. The van der Waals surface area contributed by atoms with E-state index in [0.717, 1.165) is 18.0 Å². The van der Waals surface area contributed by atoms with E-state index in [9.17, 15) is 4.79 Å². The van der Waals surface area contributed by atoms with Gasteiger partial charge in [0.25, 0.3) is 0 Å². The van der Waals surface area contributed by atoms with E-state index in [1.54, 1.807) is 12.1 Å². The molecule has 0 saturated heterocycles. The van der Waals surface area contributed by atoms with Crippen LogP contribution < -0.4 is 5.32 Å². The highest BCUT2D eigenvalue weighted by atomic mass is 35.5. The molecule has 0 spiro atoms. The Hall–Kier alpha value is -1.02. The van der Waals surface area contributed by atoms with Crippen LogP contribution in [0.5, 0.6) is 0 Å². The fourth-order valence-corrected chi connectivity index (χ4v) is 2.52. The summed E-state index contributed by atoms with van der Waals surface area (Å²) in [5, 5.41) is 3.58. The van der Waals surface area contributed by atoms with Gasteiger partial charge in [0.2, 0.25) is 5.91 Å². The molecule has 2 rings (SSSR count). The van der Waals surface area contributed by atoms with E-state index in [1.165, 1.54) is 25.7 Å². The van der Waals surface area contributed by atoms with E-state index in [-0.39, 0.29) is 5.91 Å². The Labute approximate surface area is 107 Å². The zero-order valence-electron chi connectivity index (χ0n) is 9.92. The fourth-order valence-electron chi connectivity index (χ4n) is 2.39. The van der Waals surface area contributed by atoms with Gasteiger partial charge in [0.15, 0.2) is 0 Å². The predicted molar refractivity (Wildman–Crippen MR) is 71.3 cm³/mol. The number of rotatable bonds is 4. The Morgan fingerprint density at radius 3 is 2.53 bits per heavy atom. The summed E-state index contributed by atoms with van der Waals surface area (Å²) >= 11 is 5.78. The Morgan fingerprint density at radius 1 is 1.24 bits per heavy atom. The van der Waals surface area contributed by atoms with Gasteiger partial charge >= 0.3 is 0 Å². The van der Waals surface area contributed by atoms with Gasteiger partial charge in [-0.2, -0.15) is 0 Å². The number of amides is 1. The number of hydrogen-bond donors (Lipinski definition) is 1. The smallest absolute Gasteiger partial charge is 0.224 e. The third-order valence-corrected chi connectivity index (χ3v) is 3.63. The molecule has 1 amide bonds. The number of hydrogen-bond acceptors (Lipinski definition) is 1. The monoisotopic (exact) mass is 251 g/mol. The summed E-state index contributed by atoms with van der Waals surface area (Å²) in [6, 6.07) is 7.23. The molecule has 1 N–H and O–H groups in total. The van der Waals surface area contributed by atoms with Crippen LogP contribution in [0, 0.1) is 5.92 Å². The van der Waals surface area contributed by atoms with Gasteiger partial charge in [-0.3, -0.25) is 4.79 Å². The summed E-state index contributed by atoms with van der Waals surface area (Å²) in [6.45, 7) is 0. The van der Waals surface area contributed by atoms with Gasteiger partial charge in [0.1, 0.15) is 0 Å². The molecule has 0 aliphatic heterocycles. The fraction of sp³-hybridized carbons (Fsp3) is 0.500. The van der Waals surface area contributed by atoms with Crippen LogP contribution >= 0.6 is 11.6 Å². The lowest BCUT2D eigenvalue weighted by Crippen LogP contribution is -2.12. The van der Waals surface area contributed by atoms with E-state index < -0.39 is 0 Å². The highest BCUT2D eigenvalue weighted by Gasteiger charge is 2.16. The van der Waals surface area contributed by atoms with E-state index >= 15 is 0 Å². The number of nitrogens with one attached hydrogen (secondary N) is 1. The van der Waals surface area contributed by atoms with Gasteiger partial charge in [-0.05, 0) is 36.6 Å². The quantitative estimate of drug-likeness (QED) is 0.852. The minimum Gasteiger partial charge on any atom is -0.326 e. The maximum Gasteiger partial charge on any atom is 0.224 e. The standard InChI is InChI=1S/C14H18ClNO/c15-12-6-8-13(9-7-12)16-14(17)10-5-11-3-1-2-4-11/h6-9,11H,1-5,10H2,(H,16,17). The molecule has 0 atom stereocenters. The van der Waals surface area contributed by atoms with Gasteiger partial charge in [-0.1, -0.05) is 37.3 Å². The van der Waals surface area contributed by atoms with Crippen LogP contribution in [-0.4, -0.2) is 5.91 Å². The number of carbonyl (C=O) groups excluding carboxylic acids is 1. The van der Waals surface area contributed by atoms with Gasteiger partial charge < -0.3 is 5.32 Å². The SMILES string of the molecule is O=C(CCC1CCCC1)Nc1ccc(Cl)cc1. The Morgan fingerprint density at radius 2 is 1.88 bits per heavy atom. The zero-order chi connectivity index (χ0) is 12.1. The van der Waals surface area contributed by atoms with E-state index in [1.807, 2.05) is 12.1 Å². The molecule has 1 aromatic rings. The van der Waals surface area contributed by atoms with Crippen LogP contribution in [0.3, 0.4) is 0 Å². The zero-order valence-corrected chi connectivity index (χ0v) is 10.7. The first kappa shape index (κ1) is 12.4. The molecule has 0 radical (unpaired) electrons. The molecule has 0 heterocycles. The molecule has 0 aromatic heterocycles. The lowest BCUT2D eigenvalue weighted by atomic mass is 10.0. The average molecular weight is 252 g/mol. The molecule has 3 heteroatoms. The number of anilines is 1. The van der Waals surface area contributed by atoms with Crippen molar-refractivity contribution in [1.82, 2.24) is 0 Å². The third kappa shape index (κ3) is 4.04. The van der Waals surface area contributed by atoms with Gasteiger partial charge in [-0.15, -0.1) is 0 Å². The minimum absolute atomic E-state index is 0.110. The van der Waals surface area contributed by atoms with E-state index in [0.29, 0.717) is 11.4 Å². The van der Waals surface area contributed by atoms with E-state index in [4.69, 9.17) is 11.6 Å². The first-order chi connectivity index (χ1) is 8.24. The van der Waals surface area contributed by atoms with Crippen molar-refractivity contribution in [3.63, 3.8) is 0 Å². The first-order valence-corrected chi connectivity index (χ1v) is 6.67. The lowest BCUT2D eigenvalue weighted by Gasteiger charge is -2.09. The van der Waals surface area contributed by atoms with Crippen LogP contribution in [-0.2, 0) is 4.79 Å². The van der Waals surface area contributed by atoms with Crippen LogP contribution in [0.15, 0.2) is 24.3 Å². The summed E-state index contributed by atoms with van der Waals surface area (Å²) in [6.07, 6.45) is 6.93. The topological polar surface area (TPSA) is 29.1 Å². The van der Waals surface area contributed by atoms with Crippen molar-refractivity contribution in [1.29, 1.82) is 0 Å². The molecule has 0 bridgehead atoms. The Bertz CT molecular complexity index is 368. The highest BCUT2D eigenvalue weighted by Crippen LogP contribution is 2.28. The minimum atomic E-state index is 0.110. The summed E-state index contributed by atoms with van der Waals surface area (Å²) in [7, 11) is 0. The number of benzene rings is 1. The lowest BCUT2D eigenvalue weighted by molar-refractivity contribution is -0.116. The summed E-state index contributed by atoms with van der Waals surface area (Å²) in [4.78, 5) is 11.7. The van der Waals surface area contributed by atoms with Crippen molar-refractivity contribution in [2.24, 2.45) is 5.92 Å². The average Bonchev–Trinajstić information content (AvgIpc) is 2.83. The second kappa shape index (κ2) is 6.06. The number of carbonyl (C=O) groups is 1. The predicted octanol–water partition coefficient (Wildman–Crippen LogP) is 4.25. The van der Waals surface area contributed by atoms with Crippen LogP contribution in [0.4, 0.5) is 5.69 Å². The molecule has 17 heavy (non-hydrogen) atoms. The summed E-state index contributed by atoms with van der Waals surface area (Å²) in [5.74, 6) is 0.880. The molecule has 0 unspecified atom stereocenters. The molecule has 2 nitrogen and oxygen atoms in total. The highest BCUT2D eigenvalue weighted by molar-refractivity contribution is 6.30. The molecular formula is C14H18ClNO. The van der Waals surface area contributed by atoms with Crippen molar-refractivity contribution in [2.45, 2.75) is 38.5 Å². The van der Waals surface area contributed by atoms with Crippen molar-refractivity contribution in [3.8, 4) is 0 Å².